The molecule has 118 valence electrons. The van der Waals surface area contributed by atoms with E-state index in [0.717, 1.165) is 0 Å². The van der Waals surface area contributed by atoms with Crippen LogP contribution in [0.4, 0.5) is 19.0 Å². The van der Waals surface area contributed by atoms with E-state index in [1.807, 2.05) is 13.8 Å². The van der Waals surface area contributed by atoms with Crippen molar-refractivity contribution in [1.82, 2.24) is 15.3 Å². The predicted molar refractivity (Wildman–Crippen MR) is 73.0 cm³/mol. The van der Waals surface area contributed by atoms with Crippen LogP contribution in [0, 0.1) is 5.92 Å². The predicted octanol–water partition coefficient (Wildman–Crippen LogP) is 2.72. The largest absolute Gasteiger partial charge is 0.451 e. The molecule has 1 heterocycles. The van der Waals surface area contributed by atoms with Crippen LogP contribution < -0.4 is 10.6 Å². The average Bonchev–Trinajstić information content (AvgIpc) is 2.34. The van der Waals surface area contributed by atoms with Crippen molar-refractivity contribution in [2.24, 2.45) is 5.92 Å². The normalized spacial score (nSPS) is 11.6. The van der Waals surface area contributed by atoms with Gasteiger partial charge in [-0.1, -0.05) is 25.4 Å². The maximum atomic E-state index is 12.5. The van der Waals surface area contributed by atoms with Crippen LogP contribution in [0.2, 0.25) is 5.15 Å². The standard InChI is InChI=1S/C12H16ClF3N4O/c1-7(2)6-18-10(21)3-4-17-9-5-8(13)19-11(20-9)12(14,15)16/h5,7H,3-4,6H2,1-2H3,(H,18,21)(H,17,19,20). The summed E-state index contributed by atoms with van der Waals surface area (Å²) in [5.74, 6) is -1.25. The van der Waals surface area contributed by atoms with Gasteiger partial charge >= 0.3 is 6.18 Å². The second kappa shape index (κ2) is 7.44. The molecule has 1 rings (SSSR count). The quantitative estimate of drug-likeness (QED) is 0.790. The van der Waals surface area contributed by atoms with Crippen molar-refractivity contribution < 1.29 is 18.0 Å². The van der Waals surface area contributed by atoms with Crippen molar-refractivity contribution in [3.8, 4) is 0 Å². The summed E-state index contributed by atoms with van der Waals surface area (Å²) in [5.41, 5.74) is 0. The highest BCUT2D eigenvalue weighted by atomic mass is 35.5. The Morgan fingerprint density at radius 2 is 2.05 bits per heavy atom. The second-order valence-electron chi connectivity index (χ2n) is 4.77. The summed E-state index contributed by atoms with van der Waals surface area (Å²) in [6, 6.07) is 1.17. The van der Waals surface area contributed by atoms with Crippen LogP contribution >= 0.6 is 11.6 Å². The summed E-state index contributed by atoms with van der Waals surface area (Å²) in [7, 11) is 0. The fraction of sp³-hybridized carbons (Fsp3) is 0.583. The van der Waals surface area contributed by atoms with E-state index < -0.39 is 12.0 Å². The van der Waals surface area contributed by atoms with Crippen molar-refractivity contribution in [3.05, 3.63) is 17.0 Å². The third kappa shape index (κ3) is 6.61. The molecule has 2 N–H and O–H groups in total. The number of halogens is 4. The molecule has 0 aliphatic heterocycles. The van der Waals surface area contributed by atoms with Crippen molar-refractivity contribution in [3.63, 3.8) is 0 Å². The van der Waals surface area contributed by atoms with E-state index in [1.54, 1.807) is 0 Å². The Labute approximate surface area is 125 Å². The first-order valence-electron chi connectivity index (χ1n) is 6.31. The van der Waals surface area contributed by atoms with Gasteiger partial charge in [-0.2, -0.15) is 13.2 Å². The molecule has 9 heteroatoms. The first kappa shape index (κ1) is 17.5. The molecule has 1 amide bonds. The third-order valence-corrected chi connectivity index (χ3v) is 2.51. The molecule has 0 saturated heterocycles. The highest BCUT2D eigenvalue weighted by Gasteiger charge is 2.35. The van der Waals surface area contributed by atoms with E-state index in [9.17, 15) is 18.0 Å². The first-order valence-corrected chi connectivity index (χ1v) is 6.68. The number of nitrogens with one attached hydrogen (secondary N) is 2. The molecular formula is C12H16ClF3N4O. The number of carbonyl (C=O) groups excluding carboxylic acids is 1. The Balaban J connectivity index is 2.52. The number of hydrogen-bond acceptors (Lipinski definition) is 4. The van der Waals surface area contributed by atoms with Crippen LogP contribution in [0.1, 0.15) is 26.1 Å². The molecule has 0 aliphatic rings. The number of carbonyl (C=O) groups is 1. The van der Waals surface area contributed by atoms with Crippen LogP contribution in [0.3, 0.4) is 0 Å². The second-order valence-corrected chi connectivity index (χ2v) is 5.16. The van der Waals surface area contributed by atoms with Crippen LogP contribution in [-0.2, 0) is 11.0 Å². The summed E-state index contributed by atoms with van der Waals surface area (Å²) in [5, 5.41) is 5.00. The summed E-state index contributed by atoms with van der Waals surface area (Å²) < 4.78 is 37.5. The third-order valence-electron chi connectivity index (χ3n) is 2.31. The van der Waals surface area contributed by atoms with E-state index in [1.165, 1.54) is 6.07 Å². The molecule has 0 aliphatic carbocycles. The zero-order valence-electron chi connectivity index (χ0n) is 11.6. The topological polar surface area (TPSA) is 66.9 Å². The van der Waals surface area contributed by atoms with Crippen LogP contribution in [0.25, 0.3) is 0 Å². The molecule has 0 radical (unpaired) electrons. The summed E-state index contributed by atoms with van der Waals surface area (Å²) in [6.45, 7) is 4.62. The number of rotatable bonds is 6. The highest BCUT2D eigenvalue weighted by Crippen LogP contribution is 2.28. The van der Waals surface area contributed by atoms with Crippen LogP contribution in [0.15, 0.2) is 6.07 Å². The number of aromatic nitrogens is 2. The maximum Gasteiger partial charge on any atom is 0.451 e. The lowest BCUT2D eigenvalue weighted by Crippen LogP contribution is -2.28. The Morgan fingerprint density at radius 3 is 2.62 bits per heavy atom. The minimum absolute atomic E-state index is 0.0704. The van der Waals surface area contributed by atoms with Gasteiger partial charge in [0, 0.05) is 25.6 Å². The Hall–Kier alpha value is -1.57. The fourth-order valence-corrected chi connectivity index (χ4v) is 1.53. The van der Waals surface area contributed by atoms with Crippen molar-refractivity contribution in [1.29, 1.82) is 0 Å². The number of amides is 1. The number of alkyl halides is 3. The molecule has 21 heavy (non-hydrogen) atoms. The molecule has 0 bridgehead atoms. The van der Waals surface area contributed by atoms with Gasteiger partial charge < -0.3 is 10.6 Å². The Bertz CT molecular complexity index is 494. The maximum absolute atomic E-state index is 12.5. The van der Waals surface area contributed by atoms with Gasteiger partial charge in [-0.25, -0.2) is 9.97 Å². The van der Waals surface area contributed by atoms with E-state index in [-0.39, 0.29) is 29.8 Å². The molecule has 0 fully saturated rings. The van der Waals surface area contributed by atoms with E-state index in [2.05, 4.69) is 20.6 Å². The van der Waals surface area contributed by atoms with Crippen molar-refractivity contribution in [2.45, 2.75) is 26.4 Å². The first-order chi connectivity index (χ1) is 9.68. The van der Waals surface area contributed by atoms with Gasteiger partial charge in [0.05, 0.1) is 0 Å². The van der Waals surface area contributed by atoms with Gasteiger partial charge in [0.25, 0.3) is 0 Å². The minimum atomic E-state index is -4.67. The lowest BCUT2D eigenvalue weighted by atomic mass is 10.2. The van der Waals surface area contributed by atoms with Gasteiger partial charge in [0.2, 0.25) is 11.7 Å². The zero-order valence-corrected chi connectivity index (χ0v) is 12.3. The Kier molecular flexibility index (Phi) is 6.19. The van der Waals surface area contributed by atoms with Gasteiger partial charge in [-0.15, -0.1) is 0 Å². The van der Waals surface area contributed by atoms with Gasteiger partial charge in [0.1, 0.15) is 11.0 Å². The van der Waals surface area contributed by atoms with Gasteiger partial charge in [-0.3, -0.25) is 4.79 Å². The SMILES string of the molecule is CC(C)CNC(=O)CCNc1cc(Cl)nc(C(F)(F)F)n1. The number of anilines is 1. The number of nitrogens with zero attached hydrogens (tertiary/aromatic N) is 2. The molecule has 1 aromatic rings. The smallest absolute Gasteiger partial charge is 0.369 e. The molecule has 5 nitrogen and oxygen atoms in total. The summed E-state index contributed by atoms with van der Waals surface area (Å²) in [4.78, 5) is 17.9. The average molecular weight is 325 g/mol. The Morgan fingerprint density at radius 1 is 1.38 bits per heavy atom. The minimum Gasteiger partial charge on any atom is -0.369 e. The molecule has 0 saturated carbocycles. The van der Waals surface area contributed by atoms with Crippen LogP contribution in [-0.4, -0.2) is 29.0 Å². The molecular weight excluding hydrogens is 309 g/mol. The molecule has 0 atom stereocenters. The lowest BCUT2D eigenvalue weighted by Gasteiger charge is -2.10. The summed E-state index contributed by atoms with van der Waals surface area (Å²) >= 11 is 5.51. The molecule has 0 aromatic carbocycles. The summed E-state index contributed by atoms with van der Waals surface area (Å²) in [6.07, 6.45) is -4.55. The van der Waals surface area contributed by atoms with E-state index >= 15 is 0 Å². The zero-order chi connectivity index (χ0) is 16.0. The molecule has 0 spiro atoms. The van der Waals surface area contributed by atoms with Gasteiger partial charge in [0.15, 0.2) is 0 Å². The number of hydrogen-bond donors (Lipinski definition) is 2. The molecule has 1 aromatic heterocycles. The highest BCUT2D eigenvalue weighted by molar-refractivity contribution is 6.29. The van der Waals surface area contributed by atoms with E-state index in [0.29, 0.717) is 12.5 Å². The van der Waals surface area contributed by atoms with E-state index in [4.69, 9.17) is 11.6 Å². The lowest BCUT2D eigenvalue weighted by molar-refractivity contribution is -0.144. The monoisotopic (exact) mass is 324 g/mol. The molecule has 0 unspecified atom stereocenters. The van der Waals surface area contributed by atoms with Crippen LogP contribution in [0.5, 0.6) is 0 Å². The van der Waals surface area contributed by atoms with Crippen molar-refractivity contribution >= 4 is 23.3 Å². The fourth-order valence-electron chi connectivity index (χ4n) is 1.35. The van der Waals surface area contributed by atoms with Crippen molar-refractivity contribution in [2.75, 3.05) is 18.4 Å². The van der Waals surface area contributed by atoms with Gasteiger partial charge in [-0.05, 0) is 5.92 Å².